The smallest absolute Gasteiger partial charge is 0.141 e. The lowest BCUT2D eigenvalue weighted by atomic mass is 10.1. The molecule has 2 rings (SSSR count). The van der Waals surface area contributed by atoms with Crippen LogP contribution in [0.5, 0.6) is 0 Å². The number of aromatic nitrogens is 1. The van der Waals surface area contributed by atoms with E-state index in [1.54, 1.807) is 17.5 Å². The third kappa shape index (κ3) is 2.39. The molecule has 0 aliphatic rings. The van der Waals surface area contributed by atoms with Gasteiger partial charge in [-0.15, -0.1) is 11.3 Å². The summed E-state index contributed by atoms with van der Waals surface area (Å²) < 4.78 is 13.0. The average molecular weight is 236 g/mol. The molecule has 0 spiro atoms. The van der Waals surface area contributed by atoms with Crippen molar-refractivity contribution in [3.05, 3.63) is 46.2 Å². The number of hydrogen-bond acceptors (Lipinski definition) is 3. The molecule has 0 aliphatic heterocycles. The molecule has 0 aliphatic carbocycles. The summed E-state index contributed by atoms with van der Waals surface area (Å²) in [5.74, 6) is -0.298. The third-order valence-electron chi connectivity index (χ3n) is 2.45. The highest BCUT2D eigenvalue weighted by Gasteiger charge is 2.08. The lowest BCUT2D eigenvalue weighted by molar-refractivity contribution is 0.616. The van der Waals surface area contributed by atoms with E-state index in [0.29, 0.717) is 0 Å². The fourth-order valence-corrected chi connectivity index (χ4v) is 2.28. The summed E-state index contributed by atoms with van der Waals surface area (Å²) in [4.78, 5) is 3.84. The lowest BCUT2D eigenvalue weighted by Gasteiger charge is -2.14. The molecule has 0 radical (unpaired) electrons. The van der Waals surface area contributed by atoms with Crippen molar-refractivity contribution in [1.29, 1.82) is 0 Å². The molecular formula is C12H13FN2S. The molecule has 84 valence electrons. The molecule has 1 unspecified atom stereocenters. The number of nitrogens with one attached hydrogen (secondary N) is 1. The van der Waals surface area contributed by atoms with Gasteiger partial charge in [0.2, 0.25) is 0 Å². The van der Waals surface area contributed by atoms with E-state index in [1.165, 1.54) is 17.8 Å². The molecule has 0 bridgehead atoms. The van der Waals surface area contributed by atoms with Gasteiger partial charge >= 0.3 is 0 Å². The van der Waals surface area contributed by atoms with Crippen LogP contribution in [0.25, 0.3) is 0 Å². The Labute approximate surface area is 98.2 Å². The fourth-order valence-electron chi connectivity index (χ4n) is 1.49. The fraction of sp³-hybridized carbons (Fsp3) is 0.250. The Morgan fingerprint density at radius 1 is 1.38 bits per heavy atom. The maximum absolute atomic E-state index is 13.0. The van der Waals surface area contributed by atoms with E-state index < -0.39 is 0 Å². The second kappa shape index (κ2) is 4.61. The van der Waals surface area contributed by atoms with E-state index in [9.17, 15) is 4.39 Å². The molecule has 16 heavy (non-hydrogen) atoms. The van der Waals surface area contributed by atoms with Crippen LogP contribution in [0.4, 0.5) is 10.1 Å². The zero-order valence-electron chi connectivity index (χ0n) is 9.20. The number of halogens is 1. The van der Waals surface area contributed by atoms with Gasteiger partial charge in [-0.1, -0.05) is 0 Å². The van der Waals surface area contributed by atoms with E-state index in [2.05, 4.69) is 28.0 Å². The predicted molar refractivity (Wildman–Crippen MR) is 65.3 cm³/mol. The summed E-state index contributed by atoms with van der Waals surface area (Å²) in [5.41, 5.74) is 3.16. The van der Waals surface area contributed by atoms with Crippen molar-refractivity contribution in [2.75, 3.05) is 5.32 Å². The molecule has 2 aromatic rings. The number of aryl methyl sites for hydroxylation is 1. The van der Waals surface area contributed by atoms with E-state index in [0.717, 1.165) is 11.3 Å². The molecule has 0 saturated carbocycles. The van der Waals surface area contributed by atoms with Crippen molar-refractivity contribution >= 4 is 17.0 Å². The normalized spacial score (nSPS) is 12.4. The maximum Gasteiger partial charge on any atom is 0.141 e. The van der Waals surface area contributed by atoms with Crippen LogP contribution >= 0.6 is 11.3 Å². The van der Waals surface area contributed by atoms with Gasteiger partial charge in [0.25, 0.3) is 0 Å². The number of nitrogens with zero attached hydrogens (tertiary/aromatic N) is 1. The SMILES string of the molecule is Cc1cscc1NC(C)c1cncc(F)c1. The number of thiophene rings is 1. The minimum absolute atomic E-state index is 0.0523. The summed E-state index contributed by atoms with van der Waals surface area (Å²) in [6.45, 7) is 4.04. The number of anilines is 1. The van der Waals surface area contributed by atoms with Crippen LogP contribution in [-0.2, 0) is 0 Å². The van der Waals surface area contributed by atoms with Crippen molar-refractivity contribution in [2.24, 2.45) is 0 Å². The van der Waals surface area contributed by atoms with Crippen molar-refractivity contribution in [2.45, 2.75) is 19.9 Å². The van der Waals surface area contributed by atoms with Crippen LogP contribution in [0.15, 0.2) is 29.2 Å². The van der Waals surface area contributed by atoms with Gasteiger partial charge in [-0.2, -0.15) is 0 Å². The Balaban J connectivity index is 2.14. The summed E-state index contributed by atoms with van der Waals surface area (Å²) in [6.07, 6.45) is 2.90. The van der Waals surface area contributed by atoms with Gasteiger partial charge in [-0.25, -0.2) is 4.39 Å². The van der Waals surface area contributed by atoms with Crippen molar-refractivity contribution in [3.63, 3.8) is 0 Å². The second-order valence-electron chi connectivity index (χ2n) is 3.77. The monoisotopic (exact) mass is 236 g/mol. The highest BCUT2D eigenvalue weighted by Crippen LogP contribution is 2.24. The van der Waals surface area contributed by atoms with Gasteiger partial charge in [0.05, 0.1) is 12.2 Å². The summed E-state index contributed by atoms with van der Waals surface area (Å²) in [7, 11) is 0. The topological polar surface area (TPSA) is 24.9 Å². The summed E-state index contributed by atoms with van der Waals surface area (Å²) in [6, 6.07) is 1.56. The van der Waals surface area contributed by atoms with E-state index in [1.807, 2.05) is 6.92 Å². The molecule has 1 N–H and O–H groups in total. The van der Waals surface area contributed by atoms with Crippen LogP contribution in [-0.4, -0.2) is 4.98 Å². The molecule has 1 atom stereocenters. The maximum atomic E-state index is 13.0. The van der Waals surface area contributed by atoms with E-state index in [-0.39, 0.29) is 11.9 Å². The second-order valence-corrected chi connectivity index (χ2v) is 4.51. The van der Waals surface area contributed by atoms with Crippen LogP contribution in [0.2, 0.25) is 0 Å². The summed E-state index contributed by atoms with van der Waals surface area (Å²) >= 11 is 1.65. The lowest BCUT2D eigenvalue weighted by Crippen LogP contribution is -2.07. The van der Waals surface area contributed by atoms with Crippen LogP contribution in [0, 0.1) is 12.7 Å². The largest absolute Gasteiger partial charge is 0.378 e. The zero-order valence-corrected chi connectivity index (χ0v) is 10.0. The number of rotatable bonds is 3. The first-order valence-electron chi connectivity index (χ1n) is 5.06. The summed E-state index contributed by atoms with van der Waals surface area (Å²) in [5, 5.41) is 7.47. The third-order valence-corrected chi connectivity index (χ3v) is 3.32. The highest BCUT2D eigenvalue weighted by molar-refractivity contribution is 7.08. The minimum atomic E-state index is -0.298. The number of pyridine rings is 1. The van der Waals surface area contributed by atoms with Gasteiger partial charge < -0.3 is 5.32 Å². The van der Waals surface area contributed by atoms with Crippen LogP contribution < -0.4 is 5.32 Å². The Hall–Kier alpha value is -1.42. The van der Waals surface area contributed by atoms with Crippen molar-refractivity contribution in [1.82, 2.24) is 4.98 Å². The molecule has 2 heterocycles. The first kappa shape index (κ1) is 11.1. The van der Waals surface area contributed by atoms with Gasteiger partial charge in [-0.3, -0.25) is 4.98 Å². The highest BCUT2D eigenvalue weighted by atomic mass is 32.1. The van der Waals surface area contributed by atoms with Gasteiger partial charge in [0, 0.05) is 17.3 Å². The molecule has 0 fully saturated rings. The first-order valence-corrected chi connectivity index (χ1v) is 6.01. The van der Waals surface area contributed by atoms with Gasteiger partial charge in [0.15, 0.2) is 0 Å². The van der Waals surface area contributed by atoms with Crippen LogP contribution in [0.1, 0.15) is 24.1 Å². The van der Waals surface area contributed by atoms with E-state index >= 15 is 0 Å². The molecule has 2 nitrogen and oxygen atoms in total. The Morgan fingerprint density at radius 3 is 2.81 bits per heavy atom. The molecule has 0 amide bonds. The Morgan fingerprint density at radius 2 is 2.19 bits per heavy atom. The van der Waals surface area contributed by atoms with Crippen molar-refractivity contribution < 1.29 is 4.39 Å². The Bertz CT molecular complexity index is 481. The van der Waals surface area contributed by atoms with Crippen molar-refractivity contribution in [3.8, 4) is 0 Å². The predicted octanol–water partition coefficient (Wildman–Crippen LogP) is 3.76. The molecule has 4 heteroatoms. The van der Waals surface area contributed by atoms with Gasteiger partial charge in [-0.05, 0) is 36.4 Å². The molecule has 2 aromatic heterocycles. The number of hydrogen-bond donors (Lipinski definition) is 1. The molecule has 0 aromatic carbocycles. The Kier molecular flexibility index (Phi) is 3.19. The first-order chi connectivity index (χ1) is 7.66. The zero-order chi connectivity index (χ0) is 11.5. The average Bonchev–Trinajstić information content (AvgIpc) is 2.64. The minimum Gasteiger partial charge on any atom is -0.378 e. The molecule has 0 saturated heterocycles. The quantitative estimate of drug-likeness (QED) is 0.877. The van der Waals surface area contributed by atoms with Crippen LogP contribution in [0.3, 0.4) is 0 Å². The van der Waals surface area contributed by atoms with Gasteiger partial charge in [0.1, 0.15) is 5.82 Å². The van der Waals surface area contributed by atoms with E-state index in [4.69, 9.17) is 0 Å². The standard InChI is InChI=1S/C12H13FN2S/c1-8-6-16-7-12(8)15-9(2)10-3-11(13)5-14-4-10/h3-7,9,15H,1-2H3. The molecular weight excluding hydrogens is 223 g/mol.